The molecule has 4 saturated carbocycles. The van der Waals surface area contributed by atoms with Crippen molar-refractivity contribution in [2.24, 2.45) is 22.7 Å². The van der Waals surface area contributed by atoms with E-state index in [9.17, 15) is 27.9 Å². The van der Waals surface area contributed by atoms with Gasteiger partial charge in [-0.05, 0) is 87.8 Å². The average molecular weight is 896 g/mol. The molecule has 4 aromatic rings. The molecule has 1 spiro atoms. The zero-order chi connectivity index (χ0) is 45.5. The maximum absolute atomic E-state index is 17.4. The number of nitrogens with one attached hydrogen (secondary N) is 2. The molecule has 64 heavy (non-hydrogen) atoms. The van der Waals surface area contributed by atoms with Crippen molar-refractivity contribution in [3.63, 3.8) is 0 Å². The molecule has 0 bridgehead atoms. The highest BCUT2D eigenvalue weighted by Gasteiger charge is 2.80. The van der Waals surface area contributed by atoms with Crippen molar-refractivity contribution in [2.45, 2.75) is 101 Å². The van der Waals surface area contributed by atoms with Crippen molar-refractivity contribution in [2.75, 3.05) is 30.0 Å². The first-order valence-electron chi connectivity index (χ1n) is 21.9. The summed E-state index contributed by atoms with van der Waals surface area (Å²) in [6.07, 6.45) is 8.34. The number of halogens is 1. The molecular formula is C49H54FN3O10S. The van der Waals surface area contributed by atoms with Crippen LogP contribution in [0.1, 0.15) is 72.1 Å². The first-order chi connectivity index (χ1) is 30.4. The number of para-hydroxylation sites is 2. The van der Waals surface area contributed by atoms with Crippen LogP contribution in [0.2, 0.25) is 0 Å². The summed E-state index contributed by atoms with van der Waals surface area (Å²) in [5.41, 5.74) is -0.862. The van der Waals surface area contributed by atoms with E-state index in [4.69, 9.17) is 23.9 Å². The molecule has 0 radical (unpaired) electrons. The molecule has 15 heteroatoms. The van der Waals surface area contributed by atoms with Crippen LogP contribution in [0.15, 0.2) is 90.5 Å². The third-order valence-corrected chi connectivity index (χ3v) is 15.6. The Morgan fingerprint density at radius 2 is 1.67 bits per heavy atom. The van der Waals surface area contributed by atoms with Gasteiger partial charge in [-0.1, -0.05) is 55.0 Å². The fourth-order valence-electron chi connectivity index (χ4n) is 12.2. The standard InChI is InChI=1S/C28H35FO7.C21H19N3O3S/c1-16(30)34-15-22(33)28-23(35-26(36-28)9-4-5-10-26)13-20-19-7-6-17-12-18(31)8-11-24(17,2)27(19,29)21(32)14-25(20,28)3;1-27-20-13-14(24-28(2,25)26)11-12-19(20)23-21-15-7-3-5-9-17(15)22-18-10-6-4-8-16(18)21/h8,11-12,19-21,23,32H,4-7,9-10,13-15H2,1-3H3;3-13,24H,1-2H3,(H,22,23)/t19-,20-,21-,23+,24-,25-,27-,28+;/m0./s1. The van der Waals surface area contributed by atoms with Crippen molar-refractivity contribution >= 4 is 66.4 Å². The number of ether oxygens (including phenoxy) is 4. The zero-order valence-corrected chi connectivity index (χ0v) is 37.4. The Kier molecular flexibility index (Phi) is 10.8. The minimum atomic E-state index is -3.37. The summed E-state index contributed by atoms with van der Waals surface area (Å²) in [7, 11) is -1.82. The number of aliphatic hydroxyl groups is 1. The molecule has 1 saturated heterocycles. The molecule has 6 aliphatic rings. The van der Waals surface area contributed by atoms with E-state index in [1.54, 1.807) is 38.3 Å². The molecule has 338 valence electrons. The van der Waals surface area contributed by atoms with Gasteiger partial charge >= 0.3 is 5.97 Å². The van der Waals surface area contributed by atoms with Crippen LogP contribution in [0, 0.1) is 22.7 Å². The third-order valence-electron chi connectivity index (χ3n) is 15.0. The number of esters is 1. The first-order valence-corrected chi connectivity index (χ1v) is 23.8. The lowest BCUT2D eigenvalue weighted by Gasteiger charge is -2.62. The molecule has 10 rings (SSSR count). The van der Waals surface area contributed by atoms with Crippen LogP contribution < -0.4 is 14.8 Å². The number of benzene rings is 3. The van der Waals surface area contributed by atoms with Gasteiger partial charge in [-0.15, -0.1) is 0 Å². The molecular weight excluding hydrogens is 842 g/mol. The second kappa shape index (κ2) is 15.7. The van der Waals surface area contributed by atoms with Gasteiger partial charge in [0.2, 0.25) is 15.8 Å². The smallest absolute Gasteiger partial charge is 0.303 e. The Bertz CT molecular complexity index is 2700. The van der Waals surface area contributed by atoms with E-state index in [1.807, 2.05) is 55.5 Å². The van der Waals surface area contributed by atoms with E-state index in [1.165, 1.54) is 19.1 Å². The second-order valence-electron chi connectivity index (χ2n) is 18.7. The number of ketones is 2. The Balaban J connectivity index is 0.000000167. The van der Waals surface area contributed by atoms with Gasteiger partial charge in [0.1, 0.15) is 5.75 Å². The predicted molar refractivity (Wildman–Crippen MR) is 239 cm³/mol. The van der Waals surface area contributed by atoms with Crippen LogP contribution in [0.3, 0.4) is 0 Å². The molecule has 1 aliphatic heterocycles. The lowest BCUT2D eigenvalue weighted by atomic mass is 9.44. The zero-order valence-electron chi connectivity index (χ0n) is 36.6. The average Bonchev–Trinajstić information content (AvgIpc) is 3.92. The number of carbonyl (C=O) groups is 3. The number of nitrogens with zero attached hydrogens (tertiary/aromatic N) is 1. The lowest BCUT2D eigenvalue weighted by molar-refractivity contribution is -0.253. The number of sulfonamides is 1. The van der Waals surface area contributed by atoms with Crippen LogP contribution in [-0.4, -0.2) is 85.3 Å². The lowest BCUT2D eigenvalue weighted by Crippen LogP contribution is -2.70. The van der Waals surface area contributed by atoms with Crippen LogP contribution in [-0.2, 0) is 38.6 Å². The van der Waals surface area contributed by atoms with Gasteiger partial charge in [0, 0.05) is 53.4 Å². The van der Waals surface area contributed by atoms with Crippen molar-refractivity contribution in [3.8, 4) is 5.75 Å². The third kappa shape index (κ3) is 6.92. The SMILES string of the molecule is CC(=O)OCC(=O)[C@@]12OC3(CCCC3)O[C@@H]1C[C@H]1[C@@H]3CCC4=CC(=O)C=C[C@]4(C)[C@@]3(F)[C@@H](O)C[C@@]12C.COc1cc(NS(C)(=O)=O)ccc1Nc1c2ccccc2nc2ccccc12. The van der Waals surface area contributed by atoms with E-state index < -0.39 is 68.6 Å². The van der Waals surface area contributed by atoms with Gasteiger partial charge in [-0.2, -0.15) is 0 Å². The summed E-state index contributed by atoms with van der Waals surface area (Å²) < 4.78 is 66.8. The quantitative estimate of drug-likeness (QED) is 0.115. The van der Waals surface area contributed by atoms with Crippen molar-refractivity contribution in [3.05, 3.63) is 90.5 Å². The summed E-state index contributed by atoms with van der Waals surface area (Å²) in [5, 5.41) is 17.1. The number of allylic oxidation sites excluding steroid dienone is 4. The molecule has 13 nitrogen and oxygen atoms in total. The van der Waals surface area contributed by atoms with E-state index in [0.29, 0.717) is 49.1 Å². The van der Waals surface area contributed by atoms with Gasteiger partial charge in [0.15, 0.2) is 29.4 Å². The number of fused-ring (bicyclic) bond motifs is 9. The largest absolute Gasteiger partial charge is 0.494 e. The highest BCUT2D eigenvalue weighted by atomic mass is 32.2. The molecule has 5 fully saturated rings. The number of methoxy groups -OCH3 is 1. The number of aliphatic hydroxyl groups excluding tert-OH is 1. The fraction of sp³-hybridized carbons (Fsp3) is 0.469. The number of alkyl halides is 1. The van der Waals surface area contributed by atoms with E-state index in [-0.39, 0.29) is 23.9 Å². The highest BCUT2D eigenvalue weighted by Crippen LogP contribution is 2.73. The Hall–Kier alpha value is -5.22. The van der Waals surface area contributed by atoms with Gasteiger partial charge in [0.05, 0.1) is 53.7 Å². The van der Waals surface area contributed by atoms with E-state index >= 15 is 4.39 Å². The Labute approximate surface area is 371 Å². The number of Topliss-reactive ketones (excluding diaryl/α,β-unsaturated/α-hetero) is 1. The van der Waals surface area contributed by atoms with Gasteiger partial charge in [-0.25, -0.2) is 17.8 Å². The molecule has 1 aromatic heterocycles. The number of rotatable bonds is 8. The molecule has 0 amide bonds. The molecule has 8 atom stereocenters. The molecule has 0 unspecified atom stereocenters. The maximum Gasteiger partial charge on any atom is 0.303 e. The monoisotopic (exact) mass is 895 g/mol. The van der Waals surface area contributed by atoms with Gasteiger partial charge < -0.3 is 29.4 Å². The number of hydrogen-bond acceptors (Lipinski definition) is 12. The molecule has 2 heterocycles. The number of pyridine rings is 1. The van der Waals surface area contributed by atoms with Crippen LogP contribution in [0.4, 0.5) is 21.5 Å². The maximum atomic E-state index is 17.4. The number of carbonyl (C=O) groups excluding carboxylic acids is 3. The van der Waals surface area contributed by atoms with Crippen LogP contribution >= 0.6 is 0 Å². The minimum absolute atomic E-state index is 0.0110. The van der Waals surface area contributed by atoms with Crippen LogP contribution in [0.25, 0.3) is 21.8 Å². The first kappa shape index (κ1) is 44.0. The molecule has 5 aliphatic carbocycles. The summed E-state index contributed by atoms with van der Waals surface area (Å²) in [5.74, 6) is -2.27. The van der Waals surface area contributed by atoms with Gasteiger partial charge in [0.25, 0.3) is 0 Å². The number of aromatic nitrogens is 1. The molecule has 3 N–H and O–H groups in total. The van der Waals surface area contributed by atoms with Gasteiger partial charge in [-0.3, -0.25) is 19.1 Å². The van der Waals surface area contributed by atoms with Crippen molar-refractivity contribution in [1.29, 1.82) is 0 Å². The summed E-state index contributed by atoms with van der Waals surface area (Å²) in [6, 6.07) is 21.0. The minimum Gasteiger partial charge on any atom is -0.494 e. The Morgan fingerprint density at radius 3 is 2.31 bits per heavy atom. The van der Waals surface area contributed by atoms with Crippen LogP contribution in [0.5, 0.6) is 5.75 Å². The summed E-state index contributed by atoms with van der Waals surface area (Å²) in [4.78, 5) is 42.3. The van der Waals surface area contributed by atoms with Crippen molar-refractivity contribution < 1.29 is 51.2 Å². The molecule has 3 aromatic carbocycles. The summed E-state index contributed by atoms with van der Waals surface area (Å²) >= 11 is 0. The highest BCUT2D eigenvalue weighted by molar-refractivity contribution is 7.92. The number of hydrogen-bond donors (Lipinski definition) is 3. The van der Waals surface area contributed by atoms with Crippen molar-refractivity contribution in [1.82, 2.24) is 4.98 Å². The fourth-order valence-corrected chi connectivity index (χ4v) is 12.8. The number of anilines is 3. The topological polar surface area (TPSA) is 179 Å². The Morgan fingerprint density at radius 1 is 1.00 bits per heavy atom. The second-order valence-corrected chi connectivity index (χ2v) is 20.4. The van der Waals surface area contributed by atoms with E-state index in [0.717, 1.165) is 52.3 Å². The van der Waals surface area contributed by atoms with E-state index in [2.05, 4.69) is 10.0 Å². The predicted octanol–water partition coefficient (Wildman–Crippen LogP) is 8.04. The normalized spacial score (nSPS) is 32.1. The summed E-state index contributed by atoms with van der Waals surface area (Å²) in [6.45, 7) is 4.52.